The Kier molecular flexibility index (Phi) is 3.68. The molecule has 2 aliphatic heterocycles. The molecule has 4 fully saturated rings. The number of aryl methyl sites for hydroxylation is 1. The van der Waals surface area contributed by atoms with E-state index in [9.17, 15) is 4.79 Å². The predicted octanol–water partition coefficient (Wildman–Crippen LogP) is 2.37. The van der Waals surface area contributed by atoms with Crippen molar-refractivity contribution in [2.75, 3.05) is 6.54 Å². The van der Waals surface area contributed by atoms with Crippen molar-refractivity contribution < 1.29 is 9.90 Å². The summed E-state index contributed by atoms with van der Waals surface area (Å²) in [7, 11) is 0. The van der Waals surface area contributed by atoms with Gasteiger partial charge in [0.25, 0.3) is 0 Å². The highest BCUT2D eigenvalue weighted by atomic mass is 16.4. The molecule has 120 valence electrons. The second kappa shape index (κ2) is 5.69. The summed E-state index contributed by atoms with van der Waals surface area (Å²) in [4.78, 5) is 13.3. The molecular weight excluding hydrogens is 278 g/mol. The monoisotopic (exact) mass is 303 g/mol. The fourth-order valence-corrected chi connectivity index (χ4v) is 5.13. The summed E-state index contributed by atoms with van der Waals surface area (Å²) in [6.07, 6.45) is 11.2. The van der Waals surface area contributed by atoms with E-state index >= 15 is 0 Å². The molecule has 1 N–H and O–H groups in total. The highest BCUT2D eigenvalue weighted by Crippen LogP contribution is 2.47. The Labute approximate surface area is 131 Å². The first-order valence-corrected chi connectivity index (χ1v) is 8.63. The van der Waals surface area contributed by atoms with Crippen LogP contribution in [0.5, 0.6) is 0 Å². The van der Waals surface area contributed by atoms with Gasteiger partial charge in [-0.15, -0.1) is 0 Å². The average Bonchev–Trinajstić information content (AvgIpc) is 2.82. The molecule has 5 heteroatoms. The quantitative estimate of drug-likeness (QED) is 0.907. The van der Waals surface area contributed by atoms with Crippen molar-refractivity contribution >= 4 is 5.97 Å². The molecule has 2 aliphatic carbocycles. The topological polar surface area (TPSA) is 58.4 Å². The van der Waals surface area contributed by atoms with Gasteiger partial charge in [0.05, 0.1) is 19.2 Å². The largest absolute Gasteiger partial charge is 0.481 e. The predicted molar refractivity (Wildman–Crippen MR) is 82.2 cm³/mol. The van der Waals surface area contributed by atoms with Crippen molar-refractivity contribution in [3.05, 3.63) is 18.0 Å². The van der Waals surface area contributed by atoms with E-state index < -0.39 is 5.97 Å². The number of aliphatic carboxylic acids is 1. The summed E-state index contributed by atoms with van der Waals surface area (Å²) >= 11 is 0. The van der Waals surface area contributed by atoms with Crippen LogP contribution in [0.2, 0.25) is 0 Å². The van der Waals surface area contributed by atoms with E-state index in [0.717, 1.165) is 30.3 Å². The lowest BCUT2D eigenvalue weighted by molar-refractivity contribution is -0.137. The lowest BCUT2D eigenvalue weighted by Gasteiger charge is -2.39. The van der Waals surface area contributed by atoms with E-state index in [1.165, 1.54) is 44.2 Å². The number of carbonyl (C=O) groups is 1. The molecule has 1 aromatic heterocycles. The van der Waals surface area contributed by atoms with Crippen molar-refractivity contribution in [1.82, 2.24) is 14.7 Å². The second-order valence-electron chi connectivity index (χ2n) is 7.62. The molecule has 2 unspecified atom stereocenters. The number of rotatable bonds is 5. The third kappa shape index (κ3) is 2.91. The van der Waals surface area contributed by atoms with Crippen LogP contribution in [0.15, 0.2) is 12.4 Å². The summed E-state index contributed by atoms with van der Waals surface area (Å²) in [5.74, 6) is 2.09. The second-order valence-corrected chi connectivity index (χ2v) is 7.62. The number of aromatic nitrogens is 2. The molecular formula is C17H25N3O2. The van der Waals surface area contributed by atoms with Crippen LogP contribution in [0, 0.1) is 17.8 Å². The van der Waals surface area contributed by atoms with Crippen LogP contribution >= 0.6 is 0 Å². The lowest BCUT2D eigenvalue weighted by atomic mass is 9.68. The van der Waals surface area contributed by atoms with Gasteiger partial charge in [0.15, 0.2) is 0 Å². The van der Waals surface area contributed by atoms with Crippen LogP contribution < -0.4 is 0 Å². The van der Waals surface area contributed by atoms with Crippen molar-refractivity contribution in [3.8, 4) is 0 Å². The van der Waals surface area contributed by atoms with Crippen LogP contribution in [0.25, 0.3) is 0 Å². The summed E-state index contributed by atoms with van der Waals surface area (Å²) < 4.78 is 1.77. The smallest absolute Gasteiger partial charge is 0.305 e. The SMILES string of the molecule is O=C(O)CCn1cc(CN2CC3CC4CC(C3)CC2C4)cn1. The van der Waals surface area contributed by atoms with Gasteiger partial charge in [-0.3, -0.25) is 14.4 Å². The van der Waals surface area contributed by atoms with Gasteiger partial charge in [0, 0.05) is 30.9 Å². The molecule has 5 rings (SSSR count). The van der Waals surface area contributed by atoms with Gasteiger partial charge in [-0.25, -0.2) is 0 Å². The zero-order chi connectivity index (χ0) is 15.1. The molecule has 3 heterocycles. The van der Waals surface area contributed by atoms with Crippen LogP contribution in [-0.2, 0) is 17.9 Å². The zero-order valence-corrected chi connectivity index (χ0v) is 13.0. The van der Waals surface area contributed by atoms with Gasteiger partial charge in [-0.05, 0) is 49.9 Å². The first-order valence-electron chi connectivity index (χ1n) is 8.63. The van der Waals surface area contributed by atoms with Crippen molar-refractivity contribution in [2.24, 2.45) is 17.8 Å². The van der Waals surface area contributed by atoms with Crippen LogP contribution in [-0.4, -0.2) is 38.3 Å². The maximum absolute atomic E-state index is 10.6. The van der Waals surface area contributed by atoms with Crippen molar-refractivity contribution in [1.29, 1.82) is 0 Å². The third-order valence-electron chi connectivity index (χ3n) is 5.85. The number of fused-ring (bicyclic) bond motifs is 1. The summed E-state index contributed by atoms with van der Waals surface area (Å²) in [5.41, 5.74) is 1.23. The Bertz CT molecular complexity index is 542. The molecule has 2 saturated carbocycles. The highest BCUT2D eigenvalue weighted by molar-refractivity contribution is 5.66. The normalized spacial score (nSPS) is 34.0. The average molecular weight is 303 g/mol. The molecule has 0 aromatic carbocycles. The fourth-order valence-electron chi connectivity index (χ4n) is 5.13. The van der Waals surface area contributed by atoms with Crippen LogP contribution in [0.1, 0.15) is 44.1 Å². The molecule has 22 heavy (non-hydrogen) atoms. The third-order valence-corrected chi connectivity index (χ3v) is 5.85. The van der Waals surface area contributed by atoms with E-state index in [1.54, 1.807) is 4.68 Å². The van der Waals surface area contributed by atoms with E-state index in [4.69, 9.17) is 5.11 Å². The highest BCUT2D eigenvalue weighted by Gasteiger charge is 2.42. The minimum absolute atomic E-state index is 0.138. The van der Waals surface area contributed by atoms with Gasteiger partial charge < -0.3 is 5.11 Å². The molecule has 2 atom stereocenters. The Hall–Kier alpha value is -1.36. The molecule has 0 radical (unpaired) electrons. The van der Waals surface area contributed by atoms with Crippen LogP contribution in [0.3, 0.4) is 0 Å². The maximum atomic E-state index is 10.6. The first-order chi connectivity index (χ1) is 10.7. The zero-order valence-electron chi connectivity index (χ0n) is 13.0. The maximum Gasteiger partial charge on any atom is 0.305 e. The van der Waals surface area contributed by atoms with Crippen molar-refractivity contribution in [3.63, 3.8) is 0 Å². The molecule has 5 nitrogen and oxygen atoms in total. The number of carboxylic acids is 1. The van der Waals surface area contributed by atoms with Crippen LogP contribution in [0.4, 0.5) is 0 Å². The van der Waals surface area contributed by atoms with Crippen molar-refractivity contribution in [2.45, 2.75) is 57.7 Å². The van der Waals surface area contributed by atoms with Gasteiger partial charge in [0.2, 0.25) is 0 Å². The van der Waals surface area contributed by atoms with E-state index in [-0.39, 0.29) is 6.42 Å². The Balaban J connectivity index is 1.41. The molecule has 4 bridgehead atoms. The lowest BCUT2D eigenvalue weighted by Crippen LogP contribution is -2.37. The molecule has 1 aromatic rings. The Morgan fingerprint density at radius 2 is 1.91 bits per heavy atom. The first kappa shape index (κ1) is 14.2. The van der Waals surface area contributed by atoms with E-state index in [2.05, 4.69) is 10.00 Å². The fraction of sp³-hybridized carbons (Fsp3) is 0.765. The summed E-state index contributed by atoms with van der Waals surface area (Å²) in [5, 5.41) is 13.1. The minimum Gasteiger partial charge on any atom is -0.481 e. The number of hydrogen-bond acceptors (Lipinski definition) is 3. The van der Waals surface area contributed by atoms with Gasteiger partial charge in [-0.1, -0.05) is 0 Å². The standard InChI is InChI=1S/C17H25N3O2/c21-17(22)1-2-20-11-15(8-18-20)10-19-9-14-4-12-3-13(5-14)7-16(19)6-12/h8,11-14,16H,1-7,9-10H2,(H,21,22). The summed E-state index contributed by atoms with van der Waals surface area (Å²) in [6, 6.07) is 0.763. The minimum atomic E-state index is -0.766. The molecule has 0 amide bonds. The Morgan fingerprint density at radius 1 is 1.18 bits per heavy atom. The number of carboxylic acid groups (broad SMARTS) is 1. The number of hydrogen-bond donors (Lipinski definition) is 1. The van der Waals surface area contributed by atoms with E-state index in [1.807, 2.05) is 12.4 Å². The Morgan fingerprint density at radius 3 is 2.64 bits per heavy atom. The summed E-state index contributed by atoms with van der Waals surface area (Å²) in [6.45, 7) is 2.69. The van der Waals surface area contributed by atoms with E-state index in [0.29, 0.717) is 6.54 Å². The number of nitrogens with zero attached hydrogens (tertiary/aromatic N) is 3. The molecule has 4 aliphatic rings. The van der Waals surface area contributed by atoms with Gasteiger partial charge >= 0.3 is 5.97 Å². The molecule has 0 spiro atoms. The van der Waals surface area contributed by atoms with Gasteiger partial charge in [0.1, 0.15) is 0 Å². The molecule has 2 saturated heterocycles. The van der Waals surface area contributed by atoms with Gasteiger partial charge in [-0.2, -0.15) is 5.10 Å².